The molecular weight excluding hydrogens is 563 g/mol. The summed E-state index contributed by atoms with van der Waals surface area (Å²) < 4.78 is 44.1. The molecule has 0 aliphatic heterocycles. The molecule has 0 radical (unpaired) electrons. The van der Waals surface area contributed by atoms with Gasteiger partial charge in [-0.3, -0.25) is 0 Å². The van der Waals surface area contributed by atoms with Gasteiger partial charge < -0.3 is 4.57 Å². The Labute approximate surface area is 259 Å². The van der Waals surface area contributed by atoms with Crippen LogP contribution in [0.2, 0.25) is 0 Å². The van der Waals surface area contributed by atoms with Crippen molar-refractivity contribution in [1.29, 1.82) is 0 Å². The van der Waals surface area contributed by atoms with Crippen LogP contribution >= 0.6 is 0 Å². The van der Waals surface area contributed by atoms with Crippen molar-refractivity contribution in [2.45, 2.75) is 32.0 Å². The fourth-order valence-corrected chi connectivity index (χ4v) is 8.42. The summed E-state index contributed by atoms with van der Waals surface area (Å²) in [5, 5.41) is 2.23. The summed E-state index contributed by atoms with van der Waals surface area (Å²) in [5.74, 6) is 0. The summed E-state index contributed by atoms with van der Waals surface area (Å²) in [6.45, 7) is 4.02. The van der Waals surface area contributed by atoms with E-state index in [1.165, 1.54) is 56.6 Å². The van der Waals surface area contributed by atoms with Crippen LogP contribution in [0.15, 0.2) is 121 Å². The van der Waals surface area contributed by atoms with Gasteiger partial charge in [0.1, 0.15) is 0 Å². The molecule has 1 spiro atoms. The van der Waals surface area contributed by atoms with Crippen LogP contribution in [-0.4, -0.2) is 4.57 Å². The lowest BCUT2D eigenvalue weighted by Gasteiger charge is -2.30. The molecule has 0 fully saturated rings. The van der Waals surface area contributed by atoms with Crippen LogP contribution in [0.4, 0.5) is 13.2 Å². The van der Waals surface area contributed by atoms with E-state index in [1.54, 1.807) is 6.92 Å². The summed E-state index contributed by atoms with van der Waals surface area (Å²) in [7, 11) is 0. The molecule has 0 N–H and O–H groups in total. The van der Waals surface area contributed by atoms with Crippen molar-refractivity contribution in [3.63, 3.8) is 0 Å². The lowest BCUT2D eigenvalue weighted by molar-refractivity contribution is -0.138. The van der Waals surface area contributed by atoms with Crippen molar-refractivity contribution in [1.82, 2.24) is 4.57 Å². The number of fused-ring (bicyclic) bond motifs is 13. The maximum Gasteiger partial charge on any atom is 0.416 e. The minimum Gasteiger partial charge on any atom is -0.336 e. The highest BCUT2D eigenvalue weighted by Crippen LogP contribution is 2.63. The van der Waals surface area contributed by atoms with Gasteiger partial charge in [0, 0.05) is 22.8 Å². The number of rotatable bonds is 2. The average Bonchev–Trinajstić information content (AvgIpc) is 3.63. The molecule has 0 atom stereocenters. The molecule has 0 amide bonds. The van der Waals surface area contributed by atoms with Crippen molar-refractivity contribution in [2.24, 2.45) is 0 Å². The molecule has 2 aliphatic carbocycles. The Morgan fingerprint density at radius 2 is 1.16 bits per heavy atom. The van der Waals surface area contributed by atoms with Gasteiger partial charge in [-0.05, 0) is 93.2 Å². The molecule has 0 saturated carbocycles. The first kappa shape index (κ1) is 26.3. The van der Waals surface area contributed by atoms with Gasteiger partial charge in [0.15, 0.2) is 0 Å². The molecular formula is C41H28F3N. The largest absolute Gasteiger partial charge is 0.416 e. The van der Waals surface area contributed by atoms with Crippen molar-refractivity contribution >= 4 is 21.8 Å². The SMILES string of the molecule is Cc1c(Cn2c3cc4c(cc3c3cccc(C)c32)-c2ccccc2C42c3ccccc3-c3ccccc32)cccc1C(F)(F)F. The second-order valence-electron chi connectivity index (χ2n) is 12.4. The standard InChI is InChI=1S/C41H28F3N/c1-24-11-9-16-30-32-21-31-29-15-5-8-19-36(29)40(34-17-6-3-13-27(34)28-14-4-7-18-35(28)40)37(31)22-38(32)45(39(24)30)23-26-12-10-20-33(25(26)2)41(42,43)44/h3-22H,23H2,1-2H3. The zero-order chi connectivity index (χ0) is 30.7. The van der Waals surface area contributed by atoms with E-state index >= 15 is 0 Å². The average molecular weight is 592 g/mol. The lowest BCUT2D eigenvalue weighted by atomic mass is 9.70. The van der Waals surface area contributed by atoms with Crippen LogP contribution in [0, 0.1) is 13.8 Å². The third kappa shape index (κ3) is 3.34. The molecule has 2 aliphatic rings. The zero-order valence-electron chi connectivity index (χ0n) is 24.8. The number of aromatic nitrogens is 1. The molecule has 1 nitrogen and oxygen atoms in total. The van der Waals surface area contributed by atoms with Crippen LogP contribution in [0.1, 0.15) is 44.5 Å². The number of benzene rings is 6. The van der Waals surface area contributed by atoms with Gasteiger partial charge in [-0.15, -0.1) is 0 Å². The zero-order valence-corrected chi connectivity index (χ0v) is 24.8. The summed E-state index contributed by atoms with van der Waals surface area (Å²) in [6.07, 6.45) is -4.40. The molecule has 218 valence electrons. The molecule has 4 heteroatoms. The minimum absolute atomic E-state index is 0.275. The number of para-hydroxylation sites is 1. The van der Waals surface area contributed by atoms with Gasteiger partial charge in [-0.2, -0.15) is 13.2 Å². The number of nitrogens with zero attached hydrogens (tertiary/aromatic N) is 1. The second-order valence-corrected chi connectivity index (χ2v) is 12.4. The Kier molecular flexibility index (Phi) is 5.25. The first-order chi connectivity index (χ1) is 21.8. The summed E-state index contributed by atoms with van der Waals surface area (Å²) in [5.41, 5.74) is 13.0. The molecule has 9 rings (SSSR count). The third-order valence-electron chi connectivity index (χ3n) is 10.3. The third-order valence-corrected chi connectivity index (χ3v) is 10.3. The topological polar surface area (TPSA) is 4.93 Å². The van der Waals surface area contributed by atoms with E-state index in [0.29, 0.717) is 12.1 Å². The maximum atomic E-state index is 14.0. The van der Waals surface area contributed by atoms with Crippen LogP contribution in [0.25, 0.3) is 44.1 Å². The quantitative estimate of drug-likeness (QED) is 0.188. The monoisotopic (exact) mass is 591 g/mol. The fraction of sp³-hybridized carbons (Fsp3) is 0.122. The van der Waals surface area contributed by atoms with E-state index in [4.69, 9.17) is 0 Å². The maximum absolute atomic E-state index is 14.0. The predicted molar refractivity (Wildman–Crippen MR) is 176 cm³/mol. The smallest absolute Gasteiger partial charge is 0.336 e. The van der Waals surface area contributed by atoms with E-state index in [1.807, 2.05) is 6.07 Å². The summed E-state index contributed by atoms with van der Waals surface area (Å²) in [4.78, 5) is 0. The van der Waals surface area contributed by atoms with Crippen LogP contribution in [-0.2, 0) is 18.1 Å². The van der Waals surface area contributed by atoms with Crippen molar-refractivity contribution in [3.05, 3.63) is 166 Å². The Morgan fingerprint density at radius 1 is 0.578 bits per heavy atom. The molecule has 1 heterocycles. The molecule has 6 aromatic carbocycles. The van der Waals surface area contributed by atoms with E-state index in [2.05, 4.69) is 115 Å². The molecule has 0 unspecified atom stereocenters. The molecule has 7 aromatic rings. The highest BCUT2D eigenvalue weighted by atomic mass is 19.4. The molecule has 0 bridgehead atoms. The fourth-order valence-electron chi connectivity index (χ4n) is 8.42. The number of hydrogen-bond donors (Lipinski definition) is 0. The first-order valence-corrected chi connectivity index (χ1v) is 15.3. The number of halogens is 3. The van der Waals surface area contributed by atoms with Gasteiger partial charge in [0.05, 0.1) is 16.5 Å². The van der Waals surface area contributed by atoms with Gasteiger partial charge in [-0.25, -0.2) is 0 Å². The molecule has 1 aromatic heterocycles. The Morgan fingerprint density at radius 3 is 1.78 bits per heavy atom. The van der Waals surface area contributed by atoms with E-state index in [0.717, 1.165) is 27.4 Å². The van der Waals surface area contributed by atoms with E-state index in [-0.39, 0.29) is 5.56 Å². The van der Waals surface area contributed by atoms with Gasteiger partial charge >= 0.3 is 6.18 Å². The second kappa shape index (κ2) is 8.98. The van der Waals surface area contributed by atoms with Gasteiger partial charge in [0.2, 0.25) is 0 Å². The Bertz CT molecular complexity index is 2330. The van der Waals surface area contributed by atoms with E-state index < -0.39 is 17.2 Å². The van der Waals surface area contributed by atoms with Crippen LogP contribution < -0.4 is 0 Å². The van der Waals surface area contributed by atoms with Gasteiger partial charge in [0.25, 0.3) is 0 Å². The molecule has 0 saturated heterocycles. The highest BCUT2D eigenvalue weighted by Gasteiger charge is 2.51. The van der Waals surface area contributed by atoms with Crippen LogP contribution in [0.3, 0.4) is 0 Å². The van der Waals surface area contributed by atoms with E-state index in [9.17, 15) is 13.2 Å². The number of hydrogen-bond acceptors (Lipinski definition) is 0. The number of aryl methyl sites for hydroxylation is 1. The normalized spacial score (nSPS) is 14.2. The summed E-state index contributed by atoms with van der Waals surface area (Å²) in [6, 6.07) is 41.7. The minimum atomic E-state index is -4.40. The lowest BCUT2D eigenvalue weighted by Crippen LogP contribution is -2.25. The van der Waals surface area contributed by atoms with Gasteiger partial charge in [-0.1, -0.05) is 103 Å². The molecule has 45 heavy (non-hydrogen) atoms. The Hall–Kier alpha value is -5.09. The first-order valence-electron chi connectivity index (χ1n) is 15.3. The highest BCUT2D eigenvalue weighted by molar-refractivity contribution is 6.12. The van der Waals surface area contributed by atoms with Crippen molar-refractivity contribution in [2.75, 3.05) is 0 Å². The Balaban J connectivity index is 1.40. The van der Waals surface area contributed by atoms with Crippen molar-refractivity contribution < 1.29 is 13.2 Å². The summed E-state index contributed by atoms with van der Waals surface area (Å²) >= 11 is 0. The number of alkyl halides is 3. The predicted octanol–water partition coefficient (Wildman–Crippen LogP) is 10.8. The van der Waals surface area contributed by atoms with Crippen molar-refractivity contribution in [3.8, 4) is 22.3 Å². The van der Waals surface area contributed by atoms with Crippen LogP contribution in [0.5, 0.6) is 0 Å².